The van der Waals surface area contributed by atoms with E-state index in [-0.39, 0.29) is 29.0 Å². The molecule has 4 rings (SSSR count). The summed E-state index contributed by atoms with van der Waals surface area (Å²) in [5.41, 5.74) is -0.538. The summed E-state index contributed by atoms with van der Waals surface area (Å²) >= 11 is 0. The van der Waals surface area contributed by atoms with Crippen molar-refractivity contribution < 1.29 is 32.6 Å². The number of halogens is 4. The maximum atomic E-state index is 14.6. The number of aliphatic hydroxyl groups is 2. The standard InChI is InChI=1S/C22H24F4N6O3/c1-9(23)5-12(25)17(26)10(2)14-6-11(24)7-32(14)22(35)18-16-20(27-8-28-21(16)31-30-18)29-13-3-4-15(33)19(13)34/h5,8,11,13-15,19,33-34H,2-4,6-7H2,1H3,(H2,27,28,29,30,31)/b9-5+,17-12-/t11-,13+,14+,15+,19-/m0/s1. The number of amides is 1. The number of alkyl halides is 1. The molecule has 1 saturated heterocycles. The second-order valence-electron chi connectivity index (χ2n) is 8.63. The second kappa shape index (κ2) is 9.74. The number of rotatable bonds is 6. The molecule has 5 atom stereocenters. The number of fused-ring (bicyclic) bond motifs is 1. The lowest BCUT2D eigenvalue weighted by molar-refractivity contribution is 0.0392. The van der Waals surface area contributed by atoms with Crippen molar-refractivity contribution in [2.75, 3.05) is 11.9 Å². The Labute approximate surface area is 197 Å². The molecule has 3 heterocycles. The number of allylic oxidation sites excluding steroid dienone is 3. The maximum Gasteiger partial charge on any atom is 0.275 e. The Morgan fingerprint density at radius 2 is 2.03 bits per heavy atom. The summed E-state index contributed by atoms with van der Waals surface area (Å²) in [6.45, 7) is 3.98. The van der Waals surface area contributed by atoms with E-state index in [0.717, 1.165) is 11.8 Å². The van der Waals surface area contributed by atoms with Gasteiger partial charge in [0, 0.05) is 18.1 Å². The van der Waals surface area contributed by atoms with Crippen LogP contribution >= 0.6 is 0 Å². The summed E-state index contributed by atoms with van der Waals surface area (Å²) in [5.74, 6) is -4.64. The molecule has 4 N–H and O–H groups in total. The van der Waals surface area contributed by atoms with Crippen LogP contribution in [-0.4, -0.2) is 78.2 Å². The molecule has 188 valence electrons. The van der Waals surface area contributed by atoms with Gasteiger partial charge >= 0.3 is 0 Å². The van der Waals surface area contributed by atoms with Crippen molar-refractivity contribution in [3.63, 3.8) is 0 Å². The van der Waals surface area contributed by atoms with E-state index >= 15 is 0 Å². The first kappa shape index (κ1) is 24.8. The first-order valence-electron chi connectivity index (χ1n) is 10.9. The fourth-order valence-electron chi connectivity index (χ4n) is 4.43. The van der Waals surface area contributed by atoms with Gasteiger partial charge in [0.2, 0.25) is 0 Å². The SMILES string of the molecule is C=C(/C(F)=C(F)\C=C(/C)F)[C@H]1C[C@H](F)CN1C(=O)c1n[nH]c2ncnc(N[C@@H]3CC[C@@H](O)[C@H]3O)c12. The van der Waals surface area contributed by atoms with Gasteiger partial charge in [0.25, 0.3) is 5.91 Å². The Bertz CT molecular complexity index is 1210. The number of anilines is 1. The van der Waals surface area contributed by atoms with Crippen molar-refractivity contribution in [3.05, 3.63) is 47.7 Å². The number of aromatic amines is 1. The normalized spacial score (nSPS) is 27.9. The highest BCUT2D eigenvalue weighted by atomic mass is 19.2. The van der Waals surface area contributed by atoms with Crippen LogP contribution in [-0.2, 0) is 0 Å². The van der Waals surface area contributed by atoms with E-state index in [1.807, 2.05) is 0 Å². The first-order valence-corrected chi connectivity index (χ1v) is 10.9. The molecule has 0 bridgehead atoms. The molecule has 2 aliphatic rings. The minimum Gasteiger partial charge on any atom is -0.390 e. The number of aromatic nitrogens is 4. The molecule has 1 aliphatic heterocycles. The molecule has 35 heavy (non-hydrogen) atoms. The number of H-pyrrole nitrogens is 1. The third-order valence-electron chi connectivity index (χ3n) is 6.19. The van der Waals surface area contributed by atoms with Crippen molar-refractivity contribution >= 4 is 22.8 Å². The Morgan fingerprint density at radius 1 is 1.29 bits per heavy atom. The van der Waals surface area contributed by atoms with Crippen LogP contribution in [0, 0.1) is 0 Å². The average molecular weight is 496 g/mol. The van der Waals surface area contributed by atoms with Gasteiger partial charge in [0.1, 0.15) is 18.3 Å². The number of carbonyl (C=O) groups is 1. The molecule has 9 nitrogen and oxygen atoms in total. The van der Waals surface area contributed by atoms with Crippen molar-refractivity contribution in [2.45, 2.75) is 56.6 Å². The molecule has 2 fully saturated rings. The van der Waals surface area contributed by atoms with Gasteiger partial charge < -0.3 is 20.4 Å². The van der Waals surface area contributed by atoms with Crippen LogP contribution in [0.1, 0.15) is 36.7 Å². The molecule has 2 aromatic rings. The molecule has 0 spiro atoms. The molecule has 0 radical (unpaired) electrons. The summed E-state index contributed by atoms with van der Waals surface area (Å²) in [4.78, 5) is 22.5. The molecule has 1 aliphatic carbocycles. The Kier molecular flexibility index (Phi) is 6.90. The molecule has 0 aromatic carbocycles. The third-order valence-corrected chi connectivity index (χ3v) is 6.19. The smallest absolute Gasteiger partial charge is 0.275 e. The van der Waals surface area contributed by atoms with E-state index in [0.29, 0.717) is 18.9 Å². The lowest BCUT2D eigenvalue weighted by atomic mass is 10.0. The van der Waals surface area contributed by atoms with Crippen molar-refractivity contribution in [3.8, 4) is 0 Å². The molecule has 1 saturated carbocycles. The lowest BCUT2D eigenvalue weighted by Crippen LogP contribution is -2.37. The summed E-state index contributed by atoms with van der Waals surface area (Å²) in [6, 6.07) is -1.79. The van der Waals surface area contributed by atoms with Gasteiger partial charge in [-0.15, -0.1) is 0 Å². The van der Waals surface area contributed by atoms with E-state index in [1.54, 1.807) is 0 Å². The fraction of sp³-hybridized carbons (Fsp3) is 0.455. The highest BCUT2D eigenvalue weighted by Crippen LogP contribution is 2.34. The zero-order chi connectivity index (χ0) is 25.4. The van der Waals surface area contributed by atoms with E-state index < -0.39 is 66.0 Å². The van der Waals surface area contributed by atoms with Crippen LogP contribution in [0.5, 0.6) is 0 Å². The maximum absolute atomic E-state index is 14.6. The van der Waals surface area contributed by atoms with Crippen molar-refractivity contribution in [1.29, 1.82) is 0 Å². The molecular weight excluding hydrogens is 472 g/mol. The van der Waals surface area contributed by atoms with Crippen LogP contribution in [0.2, 0.25) is 0 Å². The van der Waals surface area contributed by atoms with Gasteiger partial charge in [-0.25, -0.2) is 27.5 Å². The Hall–Kier alpha value is -3.32. The van der Waals surface area contributed by atoms with Gasteiger partial charge in [-0.3, -0.25) is 9.89 Å². The number of likely N-dealkylation sites (tertiary alicyclic amines) is 1. The third kappa shape index (κ3) is 4.78. The number of aliphatic hydroxyl groups excluding tert-OH is 2. The minimum atomic E-state index is -1.54. The van der Waals surface area contributed by atoms with Gasteiger partial charge in [-0.2, -0.15) is 5.10 Å². The molecule has 13 heteroatoms. The first-order chi connectivity index (χ1) is 16.6. The van der Waals surface area contributed by atoms with E-state index in [9.17, 15) is 32.6 Å². The number of hydrogen-bond donors (Lipinski definition) is 4. The topological polar surface area (TPSA) is 127 Å². The van der Waals surface area contributed by atoms with Gasteiger partial charge in [0.05, 0.1) is 42.0 Å². The van der Waals surface area contributed by atoms with Gasteiger partial charge in [-0.1, -0.05) is 6.58 Å². The van der Waals surface area contributed by atoms with E-state index in [4.69, 9.17) is 0 Å². The lowest BCUT2D eigenvalue weighted by Gasteiger charge is -2.25. The monoisotopic (exact) mass is 496 g/mol. The van der Waals surface area contributed by atoms with Crippen molar-refractivity contribution in [1.82, 2.24) is 25.1 Å². The predicted molar refractivity (Wildman–Crippen MR) is 118 cm³/mol. The Morgan fingerprint density at radius 3 is 2.69 bits per heavy atom. The number of nitrogens with zero attached hydrogens (tertiary/aromatic N) is 4. The van der Waals surface area contributed by atoms with E-state index in [2.05, 4.69) is 32.1 Å². The minimum absolute atomic E-state index is 0.149. The predicted octanol–water partition coefficient (Wildman–Crippen LogP) is 2.78. The van der Waals surface area contributed by atoms with Gasteiger partial charge in [-0.05, 0) is 19.8 Å². The fourth-order valence-corrected chi connectivity index (χ4v) is 4.43. The Balaban J connectivity index is 1.66. The van der Waals surface area contributed by atoms with Crippen LogP contribution in [0.15, 0.2) is 42.0 Å². The molecule has 0 unspecified atom stereocenters. The largest absolute Gasteiger partial charge is 0.390 e. The van der Waals surface area contributed by atoms with Crippen LogP contribution in [0.3, 0.4) is 0 Å². The quantitative estimate of drug-likeness (QED) is 0.358. The molecule has 1 amide bonds. The second-order valence-corrected chi connectivity index (χ2v) is 8.63. The summed E-state index contributed by atoms with van der Waals surface area (Å²) in [7, 11) is 0. The van der Waals surface area contributed by atoms with Crippen LogP contribution in [0.25, 0.3) is 11.0 Å². The molecular formula is C22H24F4N6O3. The van der Waals surface area contributed by atoms with Crippen molar-refractivity contribution in [2.24, 2.45) is 0 Å². The van der Waals surface area contributed by atoms with E-state index in [1.165, 1.54) is 6.33 Å². The number of nitrogens with one attached hydrogen (secondary N) is 2. The number of carbonyl (C=O) groups excluding carboxylic acids is 1. The highest BCUT2D eigenvalue weighted by Gasteiger charge is 2.41. The summed E-state index contributed by atoms with van der Waals surface area (Å²) in [6.07, 6.45) is -1.49. The van der Waals surface area contributed by atoms with Gasteiger partial charge in [0.15, 0.2) is 23.0 Å². The molecule has 2 aromatic heterocycles. The zero-order valence-corrected chi connectivity index (χ0v) is 18.7. The highest BCUT2D eigenvalue weighted by molar-refractivity contribution is 6.08. The number of hydrogen-bond acceptors (Lipinski definition) is 7. The summed E-state index contributed by atoms with van der Waals surface area (Å²) in [5, 5.41) is 29.7. The van der Waals surface area contributed by atoms with Crippen LogP contribution < -0.4 is 5.32 Å². The zero-order valence-electron chi connectivity index (χ0n) is 18.7. The van der Waals surface area contributed by atoms with Crippen LogP contribution in [0.4, 0.5) is 23.4 Å². The summed E-state index contributed by atoms with van der Waals surface area (Å²) < 4.78 is 55.9. The average Bonchev–Trinajstić information content (AvgIpc) is 3.51.